The molecule has 0 aromatic carbocycles. The van der Waals surface area contributed by atoms with Crippen molar-refractivity contribution in [2.24, 2.45) is 13.0 Å². The molecular formula is C19H25N3O2S2. The predicted molar refractivity (Wildman–Crippen MR) is 107 cm³/mol. The van der Waals surface area contributed by atoms with E-state index >= 15 is 0 Å². The van der Waals surface area contributed by atoms with Gasteiger partial charge in [0.1, 0.15) is 4.83 Å². The van der Waals surface area contributed by atoms with Gasteiger partial charge in [-0.2, -0.15) is 0 Å². The largest absolute Gasteiger partial charge is 0.353 e. The van der Waals surface area contributed by atoms with Crippen molar-refractivity contribution >= 4 is 39.2 Å². The fourth-order valence-electron chi connectivity index (χ4n) is 4.04. The average Bonchev–Trinajstić information content (AvgIpc) is 3.19. The Labute approximate surface area is 161 Å². The topological polar surface area (TPSA) is 64.0 Å². The number of fused-ring (bicyclic) bond motifs is 3. The van der Waals surface area contributed by atoms with Crippen molar-refractivity contribution in [3.63, 3.8) is 0 Å². The first kappa shape index (κ1) is 18.0. The molecule has 0 aliphatic heterocycles. The van der Waals surface area contributed by atoms with Crippen molar-refractivity contribution in [3.8, 4) is 0 Å². The number of thioether (sulfide) groups is 1. The zero-order valence-corrected chi connectivity index (χ0v) is 17.0. The van der Waals surface area contributed by atoms with Gasteiger partial charge >= 0.3 is 0 Å². The Morgan fingerprint density at radius 2 is 2.08 bits per heavy atom. The number of thiophene rings is 1. The van der Waals surface area contributed by atoms with Gasteiger partial charge in [0, 0.05) is 18.0 Å². The molecule has 4 rings (SSSR count). The monoisotopic (exact) mass is 391 g/mol. The van der Waals surface area contributed by atoms with Crippen LogP contribution in [-0.4, -0.2) is 27.3 Å². The van der Waals surface area contributed by atoms with E-state index < -0.39 is 0 Å². The molecule has 2 aliphatic rings. The van der Waals surface area contributed by atoms with Crippen molar-refractivity contribution in [2.75, 3.05) is 5.75 Å². The average molecular weight is 392 g/mol. The molecule has 0 bridgehead atoms. The SMILES string of the molecule is CC1CCC(NC(=O)CSc2nc3sc4c(c3c(=O)n2C)CCC4)CC1. The van der Waals surface area contributed by atoms with E-state index in [0.29, 0.717) is 17.0 Å². The number of rotatable bonds is 4. The summed E-state index contributed by atoms with van der Waals surface area (Å²) in [6.45, 7) is 2.27. The Hall–Kier alpha value is -1.34. The number of aromatic nitrogens is 2. The van der Waals surface area contributed by atoms with E-state index in [1.54, 1.807) is 23.0 Å². The van der Waals surface area contributed by atoms with Gasteiger partial charge in [0.2, 0.25) is 5.91 Å². The van der Waals surface area contributed by atoms with Gasteiger partial charge in [-0.25, -0.2) is 4.98 Å². The first-order valence-corrected chi connectivity index (χ1v) is 11.3. The molecule has 2 aromatic heterocycles. The number of hydrogen-bond donors (Lipinski definition) is 1. The lowest BCUT2D eigenvalue weighted by Crippen LogP contribution is -2.38. The predicted octanol–water partition coefficient (Wildman–Crippen LogP) is 3.27. The van der Waals surface area contributed by atoms with Gasteiger partial charge in [-0.3, -0.25) is 14.2 Å². The fraction of sp³-hybridized carbons (Fsp3) is 0.632. The highest BCUT2D eigenvalue weighted by atomic mass is 32.2. The fourth-order valence-corrected chi connectivity index (χ4v) is 6.12. The Balaban J connectivity index is 1.45. The Bertz CT molecular complexity index is 894. The molecule has 1 saturated carbocycles. The molecule has 0 unspecified atom stereocenters. The molecule has 2 aliphatic carbocycles. The van der Waals surface area contributed by atoms with E-state index in [1.165, 1.54) is 35.0 Å². The summed E-state index contributed by atoms with van der Waals surface area (Å²) in [6, 6.07) is 0.304. The summed E-state index contributed by atoms with van der Waals surface area (Å²) in [5.74, 6) is 1.12. The van der Waals surface area contributed by atoms with Gasteiger partial charge in [0.25, 0.3) is 5.56 Å². The highest BCUT2D eigenvalue weighted by Gasteiger charge is 2.23. The van der Waals surface area contributed by atoms with Gasteiger partial charge in [0.05, 0.1) is 11.1 Å². The lowest BCUT2D eigenvalue weighted by molar-refractivity contribution is -0.119. The van der Waals surface area contributed by atoms with Crippen LogP contribution >= 0.6 is 23.1 Å². The van der Waals surface area contributed by atoms with Crippen LogP contribution in [0.25, 0.3) is 10.2 Å². The van der Waals surface area contributed by atoms with Crippen LogP contribution in [-0.2, 0) is 24.7 Å². The number of nitrogens with zero attached hydrogens (tertiary/aromatic N) is 2. The quantitative estimate of drug-likeness (QED) is 0.642. The summed E-state index contributed by atoms with van der Waals surface area (Å²) in [5.41, 5.74) is 1.23. The van der Waals surface area contributed by atoms with Gasteiger partial charge < -0.3 is 5.32 Å². The number of amides is 1. The minimum atomic E-state index is 0.0265. The molecule has 7 heteroatoms. The Morgan fingerprint density at radius 1 is 1.31 bits per heavy atom. The van der Waals surface area contributed by atoms with Gasteiger partial charge in [0.15, 0.2) is 5.16 Å². The third-order valence-corrected chi connectivity index (χ3v) is 7.83. The Kier molecular flexibility index (Phi) is 5.10. The number of carbonyl (C=O) groups excluding carboxylic acids is 1. The normalized spacial score (nSPS) is 22.5. The van der Waals surface area contributed by atoms with Crippen LogP contribution in [0.5, 0.6) is 0 Å². The Morgan fingerprint density at radius 3 is 2.85 bits per heavy atom. The lowest BCUT2D eigenvalue weighted by atomic mass is 9.87. The summed E-state index contributed by atoms with van der Waals surface area (Å²) in [6.07, 6.45) is 7.70. The zero-order chi connectivity index (χ0) is 18.3. The van der Waals surface area contributed by atoms with Crippen LogP contribution in [0.1, 0.15) is 49.5 Å². The van der Waals surface area contributed by atoms with Crippen molar-refractivity contribution in [1.29, 1.82) is 0 Å². The second-order valence-electron chi connectivity index (χ2n) is 7.61. The van der Waals surface area contributed by atoms with Crippen molar-refractivity contribution in [3.05, 3.63) is 20.8 Å². The molecule has 0 spiro atoms. The van der Waals surface area contributed by atoms with Crippen molar-refractivity contribution in [2.45, 2.75) is 63.1 Å². The summed E-state index contributed by atoms with van der Waals surface area (Å²) >= 11 is 3.01. The van der Waals surface area contributed by atoms with Crippen LogP contribution in [0.3, 0.4) is 0 Å². The lowest BCUT2D eigenvalue weighted by Gasteiger charge is -2.26. The summed E-state index contributed by atoms with van der Waals surface area (Å²) < 4.78 is 1.61. The van der Waals surface area contributed by atoms with Crippen molar-refractivity contribution in [1.82, 2.24) is 14.9 Å². The van der Waals surface area contributed by atoms with E-state index in [4.69, 9.17) is 4.98 Å². The second-order valence-corrected chi connectivity index (χ2v) is 9.64. The maximum Gasteiger partial charge on any atom is 0.262 e. The number of aryl methyl sites for hydroxylation is 2. The van der Waals surface area contributed by atoms with Gasteiger partial charge in [-0.1, -0.05) is 18.7 Å². The van der Waals surface area contributed by atoms with E-state index in [2.05, 4.69) is 12.2 Å². The molecule has 0 atom stereocenters. The van der Waals surface area contributed by atoms with Crippen LogP contribution in [0, 0.1) is 5.92 Å². The zero-order valence-electron chi connectivity index (χ0n) is 15.3. The van der Waals surface area contributed by atoms with Gasteiger partial charge in [-0.05, 0) is 56.4 Å². The minimum Gasteiger partial charge on any atom is -0.353 e. The molecule has 5 nitrogen and oxygen atoms in total. The molecule has 0 saturated heterocycles. The standard InChI is InChI=1S/C19H25N3O2S2/c1-11-6-8-12(9-7-11)20-15(23)10-25-19-21-17-16(18(24)22(19)2)13-4-3-5-14(13)26-17/h11-12H,3-10H2,1-2H3,(H,20,23). The maximum atomic E-state index is 12.8. The first-order valence-electron chi connectivity index (χ1n) is 9.46. The third kappa shape index (κ3) is 3.43. The number of carbonyl (C=O) groups is 1. The molecule has 26 heavy (non-hydrogen) atoms. The maximum absolute atomic E-state index is 12.8. The summed E-state index contributed by atoms with van der Waals surface area (Å²) in [7, 11) is 1.76. The molecular weight excluding hydrogens is 366 g/mol. The third-order valence-electron chi connectivity index (χ3n) is 5.62. The molecule has 2 heterocycles. The molecule has 2 aromatic rings. The highest BCUT2D eigenvalue weighted by Crippen LogP contribution is 2.35. The van der Waals surface area contributed by atoms with Crippen molar-refractivity contribution < 1.29 is 4.79 Å². The summed E-state index contributed by atoms with van der Waals surface area (Å²) in [4.78, 5) is 31.9. The van der Waals surface area contributed by atoms with E-state index in [9.17, 15) is 9.59 Å². The van der Waals surface area contributed by atoms with E-state index in [-0.39, 0.29) is 11.5 Å². The van der Waals surface area contributed by atoms with Crippen LogP contribution < -0.4 is 10.9 Å². The molecule has 1 fully saturated rings. The summed E-state index contributed by atoms with van der Waals surface area (Å²) in [5, 5.41) is 4.58. The van der Waals surface area contributed by atoms with Gasteiger partial charge in [-0.15, -0.1) is 11.3 Å². The first-order chi connectivity index (χ1) is 12.5. The molecule has 0 radical (unpaired) electrons. The smallest absolute Gasteiger partial charge is 0.262 e. The second kappa shape index (κ2) is 7.35. The minimum absolute atomic E-state index is 0.0265. The van der Waals surface area contributed by atoms with Crippen LogP contribution in [0.15, 0.2) is 9.95 Å². The number of hydrogen-bond acceptors (Lipinski definition) is 5. The van der Waals surface area contributed by atoms with E-state index in [0.717, 1.165) is 48.2 Å². The number of nitrogens with one attached hydrogen (secondary N) is 1. The highest BCUT2D eigenvalue weighted by molar-refractivity contribution is 7.99. The molecule has 1 N–H and O–H groups in total. The van der Waals surface area contributed by atoms with Crippen LogP contribution in [0.4, 0.5) is 0 Å². The molecule has 140 valence electrons. The van der Waals surface area contributed by atoms with E-state index in [1.807, 2.05) is 0 Å². The molecule has 1 amide bonds. The van der Waals surface area contributed by atoms with Crippen LogP contribution in [0.2, 0.25) is 0 Å².